The van der Waals surface area contributed by atoms with Gasteiger partial charge >= 0.3 is 168 Å². The minimum absolute atomic E-state index is 0.357. The van der Waals surface area contributed by atoms with Crippen molar-refractivity contribution < 1.29 is 9.53 Å². The van der Waals surface area contributed by atoms with E-state index in [-0.39, 0.29) is 11.6 Å². The van der Waals surface area contributed by atoms with Crippen molar-refractivity contribution in [2.24, 2.45) is 10.7 Å². The number of carbonyl (C=O) groups excluding carboxylic acids is 1. The molecule has 0 spiro atoms. The number of alkyl carbamates (subject to hydrolysis) is 1. The number of amides is 1. The first-order valence-electron chi connectivity index (χ1n) is 9.44. The van der Waals surface area contributed by atoms with Crippen LogP contribution in [0.5, 0.6) is 0 Å². The van der Waals surface area contributed by atoms with Gasteiger partial charge in [-0.15, -0.1) is 0 Å². The van der Waals surface area contributed by atoms with Gasteiger partial charge in [0.15, 0.2) is 0 Å². The molecule has 6 heteroatoms. The van der Waals surface area contributed by atoms with Crippen LogP contribution < -0.4 is 11.1 Å². The molecule has 1 aliphatic carbocycles. The molecular formula is C20H31N3O2Sn+2. The Morgan fingerprint density at radius 2 is 2.04 bits per heavy atom. The van der Waals surface area contributed by atoms with Crippen molar-refractivity contribution >= 4 is 36.8 Å². The molecular weight excluding hydrogens is 433 g/mol. The van der Waals surface area contributed by atoms with Crippen molar-refractivity contribution in [1.29, 1.82) is 0 Å². The van der Waals surface area contributed by atoms with Crippen molar-refractivity contribution in [1.82, 2.24) is 5.32 Å². The molecule has 0 aromatic heterocycles. The number of aliphatic imine (C=N–C) groups is 1. The summed E-state index contributed by atoms with van der Waals surface area (Å²) in [5, 5.41) is 3.15. The van der Waals surface area contributed by atoms with E-state index in [2.05, 4.69) is 29.4 Å². The number of carbonyl (C=O) groups is 1. The van der Waals surface area contributed by atoms with E-state index >= 15 is 0 Å². The number of nitrogens with one attached hydrogen (secondary N) is 1. The van der Waals surface area contributed by atoms with E-state index in [9.17, 15) is 4.79 Å². The third kappa shape index (κ3) is 6.18. The quantitative estimate of drug-likeness (QED) is 0.371. The molecule has 1 aliphatic rings. The van der Waals surface area contributed by atoms with E-state index in [0.29, 0.717) is 0 Å². The number of hydrogen-bond donors (Lipinski definition) is 2. The molecule has 140 valence electrons. The summed E-state index contributed by atoms with van der Waals surface area (Å²) in [5.41, 5.74) is 7.22. The zero-order valence-corrected chi connectivity index (χ0v) is 19.2. The Labute approximate surface area is 167 Å². The Bertz CT molecular complexity index is 647. The molecule has 5 nitrogen and oxygen atoms in total. The van der Waals surface area contributed by atoms with Crippen molar-refractivity contribution in [3.63, 3.8) is 0 Å². The number of amidine groups is 1. The molecule has 1 aromatic carbocycles. The standard InChI is InChI=1S/C17H24N3O2.C3H7.Sn/c1-16(2,3)22-15(21)20-17(9-4-5-10-17)13-7-6-8-14(11-13)19-12-18;1-3-2;/h6-8,11H,4-5,9-10H2,1-3H3,(H2,18,19)(H,20,21);1,3H2,2H3;/q;;+2. The van der Waals surface area contributed by atoms with Crippen molar-refractivity contribution in [2.75, 3.05) is 0 Å². The molecule has 0 heterocycles. The fraction of sp³-hybridized carbons (Fsp3) is 0.600. The van der Waals surface area contributed by atoms with E-state index < -0.39 is 26.7 Å². The first kappa shape index (κ1) is 21.1. The summed E-state index contributed by atoms with van der Waals surface area (Å²) in [6.07, 6.45) is 4.84. The Hall–Kier alpha value is -1.24. The SMILES string of the molecule is CC[CH2][Sn+2][C](N)=Nc1cccc(C2(NC(=O)OC(C)(C)C)CCCC2)c1. The second kappa shape index (κ2) is 9.11. The van der Waals surface area contributed by atoms with Crippen molar-refractivity contribution in [3.05, 3.63) is 29.8 Å². The maximum absolute atomic E-state index is 12.4. The molecule has 0 aliphatic heterocycles. The Kier molecular flexibility index (Phi) is 7.38. The van der Waals surface area contributed by atoms with Crippen LogP contribution in [0.4, 0.5) is 10.5 Å². The third-order valence-electron chi connectivity index (χ3n) is 4.40. The number of nitrogens with zero attached hydrogens (tertiary/aromatic N) is 1. The first-order valence-corrected chi connectivity index (χ1v) is 12.9. The molecule has 0 radical (unpaired) electrons. The van der Waals surface area contributed by atoms with Crippen LogP contribution in [0.15, 0.2) is 29.3 Å². The zero-order valence-electron chi connectivity index (χ0n) is 16.4. The van der Waals surface area contributed by atoms with Crippen LogP contribution in [0, 0.1) is 0 Å². The molecule has 0 bridgehead atoms. The predicted octanol–water partition coefficient (Wildman–Crippen LogP) is 4.46. The second-order valence-corrected chi connectivity index (χ2v) is 11.8. The van der Waals surface area contributed by atoms with Gasteiger partial charge in [-0.25, -0.2) is 0 Å². The van der Waals surface area contributed by atoms with Gasteiger partial charge in [0.1, 0.15) is 0 Å². The average Bonchev–Trinajstić information content (AvgIpc) is 3.01. The molecule has 1 fully saturated rings. The normalized spacial score (nSPS) is 16.8. The second-order valence-electron chi connectivity index (χ2n) is 7.89. The first-order chi connectivity index (χ1) is 12.2. The number of hydrogen-bond acceptors (Lipinski definition) is 3. The number of ether oxygens (including phenoxy) is 1. The van der Waals surface area contributed by atoms with Gasteiger partial charge in [0.2, 0.25) is 0 Å². The number of benzene rings is 1. The topological polar surface area (TPSA) is 76.7 Å². The molecule has 1 aromatic rings. The van der Waals surface area contributed by atoms with Crippen LogP contribution in [0.25, 0.3) is 0 Å². The predicted molar refractivity (Wildman–Crippen MR) is 108 cm³/mol. The van der Waals surface area contributed by atoms with E-state index in [4.69, 9.17) is 10.5 Å². The van der Waals surface area contributed by atoms with Crippen molar-refractivity contribution in [2.45, 2.75) is 75.4 Å². The van der Waals surface area contributed by atoms with Gasteiger partial charge in [-0.1, -0.05) is 0 Å². The van der Waals surface area contributed by atoms with Crippen molar-refractivity contribution in [3.8, 4) is 0 Å². The van der Waals surface area contributed by atoms with Crippen LogP contribution in [0.1, 0.15) is 65.4 Å². The fourth-order valence-corrected chi connectivity index (χ4v) is 5.31. The minimum atomic E-state index is -0.734. The van der Waals surface area contributed by atoms with Gasteiger partial charge < -0.3 is 0 Å². The summed E-state index contributed by atoms with van der Waals surface area (Å²) < 4.78 is 7.53. The van der Waals surface area contributed by atoms with Crippen LogP contribution in [0.3, 0.4) is 0 Å². The zero-order chi connectivity index (χ0) is 19.2. The summed E-state index contributed by atoms with van der Waals surface area (Å²) >= 11 is -0.734. The van der Waals surface area contributed by atoms with Gasteiger partial charge in [0.05, 0.1) is 0 Å². The summed E-state index contributed by atoms with van der Waals surface area (Å²) in [6.45, 7) is 7.83. The Morgan fingerprint density at radius 1 is 1.35 bits per heavy atom. The molecule has 0 atom stereocenters. The van der Waals surface area contributed by atoms with Gasteiger partial charge in [0.25, 0.3) is 0 Å². The molecule has 1 saturated carbocycles. The summed E-state index contributed by atoms with van der Waals surface area (Å²) in [7, 11) is 0. The molecule has 26 heavy (non-hydrogen) atoms. The fourth-order valence-electron chi connectivity index (χ4n) is 3.27. The molecule has 1 amide bonds. The van der Waals surface area contributed by atoms with E-state index in [0.717, 1.165) is 40.8 Å². The monoisotopic (exact) mass is 465 g/mol. The summed E-state index contributed by atoms with van der Waals surface area (Å²) in [4.78, 5) is 17.0. The molecule has 3 N–H and O–H groups in total. The van der Waals surface area contributed by atoms with Crippen LogP contribution in [-0.4, -0.2) is 36.7 Å². The van der Waals surface area contributed by atoms with Crippen LogP contribution >= 0.6 is 0 Å². The van der Waals surface area contributed by atoms with Crippen LogP contribution in [-0.2, 0) is 10.3 Å². The summed E-state index contributed by atoms with van der Waals surface area (Å²) in [6, 6.07) is 8.13. The van der Waals surface area contributed by atoms with E-state index in [1.54, 1.807) is 0 Å². The third-order valence-corrected chi connectivity index (χ3v) is 7.90. The average molecular weight is 464 g/mol. The maximum atomic E-state index is 12.4. The Morgan fingerprint density at radius 3 is 2.65 bits per heavy atom. The summed E-state index contributed by atoms with van der Waals surface area (Å²) in [5.74, 6) is 0. The number of rotatable bonds is 6. The molecule has 0 saturated heterocycles. The number of nitrogens with two attached hydrogens (primary N) is 1. The van der Waals surface area contributed by atoms with E-state index in [1.165, 1.54) is 10.9 Å². The van der Waals surface area contributed by atoms with Gasteiger partial charge in [0, 0.05) is 0 Å². The van der Waals surface area contributed by atoms with Gasteiger partial charge in [-0.05, 0) is 0 Å². The van der Waals surface area contributed by atoms with E-state index in [1.807, 2.05) is 32.9 Å². The Balaban J connectivity index is 2.22. The van der Waals surface area contributed by atoms with Crippen LogP contribution in [0.2, 0.25) is 4.44 Å². The van der Waals surface area contributed by atoms with Gasteiger partial charge in [-0.2, -0.15) is 0 Å². The molecule has 0 unspecified atom stereocenters. The van der Waals surface area contributed by atoms with Gasteiger partial charge in [-0.3, -0.25) is 0 Å². The molecule has 2 rings (SSSR count).